The molecule has 0 saturated carbocycles. The van der Waals surface area contributed by atoms with Crippen LogP contribution in [0.5, 0.6) is 5.75 Å². The summed E-state index contributed by atoms with van der Waals surface area (Å²) in [7, 11) is 0. The largest absolute Gasteiger partial charge is 0.490 e. The van der Waals surface area contributed by atoms with Crippen LogP contribution in [-0.2, 0) is 0 Å². The minimum Gasteiger partial charge on any atom is -0.490 e. The first-order valence-corrected chi connectivity index (χ1v) is 11.2. The van der Waals surface area contributed by atoms with Crippen molar-refractivity contribution in [3.8, 4) is 5.75 Å². The molecule has 0 aliphatic carbocycles. The highest BCUT2D eigenvalue weighted by atomic mass is 19.1. The standard InChI is InChI=1S/C27H28F3NO/c28-23-10-6-20(7-11-23)27(21-8-12-24(29)13-9-21)22-14-17-31(18-15-22)16-3-19-32-26-5-2-1-4-25(26)30/h1-2,4-13,22,27H,3,14-19H2. The van der Waals surface area contributed by atoms with Crippen molar-refractivity contribution in [3.05, 3.63) is 101 Å². The van der Waals surface area contributed by atoms with E-state index >= 15 is 0 Å². The van der Waals surface area contributed by atoms with Crippen LogP contribution in [0.25, 0.3) is 0 Å². The monoisotopic (exact) mass is 439 g/mol. The van der Waals surface area contributed by atoms with Crippen LogP contribution < -0.4 is 4.74 Å². The van der Waals surface area contributed by atoms with Crippen molar-refractivity contribution < 1.29 is 17.9 Å². The molecule has 0 aromatic heterocycles. The zero-order valence-electron chi connectivity index (χ0n) is 18.0. The van der Waals surface area contributed by atoms with E-state index in [0.29, 0.717) is 18.3 Å². The summed E-state index contributed by atoms with van der Waals surface area (Å²) < 4.78 is 46.2. The molecular formula is C27H28F3NO. The molecule has 1 fully saturated rings. The van der Waals surface area contributed by atoms with Gasteiger partial charge in [-0.1, -0.05) is 36.4 Å². The Hall–Kier alpha value is -2.79. The summed E-state index contributed by atoms with van der Waals surface area (Å²) in [6.07, 6.45) is 2.85. The summed E-state index contributed by atoms with van der Waals surface area (Å²) in [4.78, 5) is 2.41. The highest BCUT2D eigenvalue weighted by molar-refractivity contribution is 5.34. The number of benzene rings is 3. The van der Waals surface area contributed by atoms with Crippen LogP contribution in [0.3, 0.4) is 0 Å². The Morgan fingerprint density at radius 3 is 1.91 bits per heavy atom. The Morgan fingerprint density at radius 2 is 1.34 bits per heavy atom. The topological polar surface area (TPSA) is 12.5 Å². The van der Waals surface area contributed by atoms with Crippen LogP contribution in [0.1, 0.15) is 36.3 Å². The van der Waals surface area contributed by atoms with E-state index in [9.17, 15) is 13.2 Å². The Labute approximate surface area is 187 Å². The molecule has 1 heterocycles. The second-order valence-electron chi connectivity index (χ2n) is 8.39. The molecule has 3 aromatic carbocycles. The van der Waals surface area contributed by atoms with Crippen molar-refractivity contribution in [2.24, 2.45) is 5.92 Å². The summed E-state index contributed by atoms with van der Waals surface area (Å²) in [6.45, 7) is 3.31. The van der Waals surface area contributed by atoms with Crippen LogP contribution >= 0.6 is 0 Å². The predicted molar refractivity (Wildman–Crippen MR) is 120 cm³/mol. The number of likely N-dealkylation sites (tertiary alicyclic amines) is 1. The lowest BCUT2D eigenvalue weighted by Gasteiger charge is -2.36. The molecule has 0 radical (unpaired) electrons. The number of para-hydroxylation sites is 1. The van der Waals surface area contributed by atoms with E-state index in [4.69, 9.17) is 4.74 Å². The maximum Gasteiger partial charge on any atom is 0.165 e. The zero-order valence-corrected chi connectivity index (χ0v) is 18.0. The molecule has 0 unspecified atom stereocenters. The number of nitrogens with zero attached hydrogens (tertiary/aromatic N) is 1. The maximum atomic E-state index is 13.6. The second-order valence-corrected chi connectivity index (χ2v) is 8.39. The van der Waals surface area contributed by atoms with Gasteiger partial charge in [0, 0.05) is 12.5 Å². The average Bonchev–Trinajstić information content (AvgIpc) is 2.81. The number of piperidine rings is 1. The Bertz CT molecular complexity index is 937. The van der Waals surface area contributed by atoms with Gasteiger partial charge in [-0.3, -0.25) is 0 Å². The molecule has 1 saturated heterocycles. The molecule has 5 heteroatoms. The molecule has 0 bridgehead atoms. The Balaban J connectivity index is 1.33. The molecule has 3 aromatic rings. The molecule has 1 aliphatic rings. The highest BCUT2D eigenvalue weighted by Gasteiger charge is 2.29. The predicted octanol–water partition coefficient (Wildman–Crippen LogP) is 6.42. The minimum absolute atomic E-state index is 0.114. The molecule has 32 heavy (non-hydrogen) atoms. The van der Waals surface area contributed by atoms with E-state index in [1.807, 2.05) is 24.3 Å². The lowest BCUT2D eigenvalue weighted by molar-refractivity contribution is 0.162. The first-order valence-electron chi connectivity index (χ1n) is 11.2. The maximum absolute atomic E-state index is 13.6. The van der Waals surface area contributed by atoms with Crippen molar-refractivity contribution in [1.82, 2.24) is 4.90 Å². The fourth-order valence-corrected chi connectivity index (χ4v) is 4.62. The van der Waals surface area contributed by atoms with Gasteiger partial charge in [0.15, 0.2) is 11.6 Å². The second kappa shape index (κ2) is 10.7. The van der Waals surface area contributed by atoms with Crippen LogP contribution in [0.15, 0.2) is 72.8 Å². The van der Waals surface area contributed by atoms with Gasteiger partial charge in [0.05, 0.1) is 6.61 Å². The van der Waals surface area contributed by atoms with Gasteiger partial charge in [-0.15, -0.1) is 0 Å². The summed E-state index contributed by atoms with van der Waals surface area (Å²) in [5, 5.41) is 0. The third-order valence-corrected chi connectivity index (χ3v) is 6.27. The normalized spacial score (nSPS) is 15.2. The van der Waals surface area contributed by atoms with Crippen molar-refractivity contribution >= 4 is 0 Å². The van der Waals surface area contributed by atoms with E-state index in [2.05, 4.69) is 4.90 Å². The molecule has 4 rings (SSSR count). The molecule has 0 spiro atoms. The SMILES string of the molecule is Fc1ccc(C(c2ccc(F)cc2)C2CCN(CCCOc3ccccc3F)CC2)cc1. The minimum atomic E-state index is -0.332. The van der Waals surface area contributed by atoms with Gasteiger partial charge in [0.25, 0.3) is 0 Å². The van der Waals surface area contributed by atoms with Crippen LogP contribution in [0, 0.1) is 23.4 Å². The van der Waals surface area contributed by atoms with Crippen LogP contribution in [0.4, 0.5) is 13.2 Å². The first kappa shape index (κ1) is 22.4. The van der Waals surface area contributed by atoms with Crippen molar-refractivity contribution in [2.75, 3.05) is 26.2 Å². The highest BCUT2D eigenvalue weighted by Crippen LogP contribution is 2.38. The smallest absolute Gasteiger partial charge is 0.165 e. The quantitative estimate of drug-likeness (QED) is 0.376. The number of ether oxygens (including phenoxy) is 1. The van der Waals surface area contributed by atoms with Gasteiger partial charge in [0.2, 0.25) is 0 Å². The number of hydrogen-bond acceptors (Lipinski definition) is 2. The average molecular weight is 440 g/mol. The van der Waals surface area contributed by atoms with Crippen molar-refractivity contribution in [3.63, 3.8) is 0 Å². The molecule has 168 valence electrons. The molecule has 0 atom stereocenters. The van der Waals surface area contributed by atoms with Gasteiger partial charge >= 0.3 is 0 Å². The fourth-order valence-electron chi connectivity index (χ4n) is 4.62. The van der Waals surface area contributed by atoms with Crippen LogP contribution in [0.2, 0.25) is 0 Å². The van der Waals surface area contributed by atoms with Gasteiger partial charge in [0.1, 0.15) is 11.6 Å². The van der Waals surface area contributed by atoms with Gasteiger partial charge in [-0.25, -0.2) is 13.2 Å². The van der Waals surface area contributed by atoms with Gasteiger partial charge in [-0.05, 0) is 85.8 Å². The summed E-state index contributed by atoms with van der Waals surface area (Å²) in [6, 6.07) is 19.8. The molecule has 2 nitrogen and oxygen atoms in total. The molecule has 0 amide bonds. The van der Waals surface area contributed by atoms with Gasteiger partial charge in [-0.2, -0.15) is 0 Å². The number of rotatable bonds is 8. The number of hydrogen-bond donors (Lipinski definition) is 0. The lowest BCUT2D eigenvalue weighted by Crippen LogP contribution is -2.36. The summed E-state index contributed by atoms with van der Waals surface area (Å²) in [5.74, 6) is -0.0220. The summed E-state index contributed by atoms with van der Waals surface area (Å²) in [5.41, 5.74) is 2.13. The van der Waals surface area contributed by atoms with E-state index in [1.165, 1.54) is 30.3 Å². The van der Waals surface area contributed by atoms with E-state index in [0.717, 1.165) is 50.0 Å². The van der Waals surface area contributed by atoms with Crippen molar-refractivity contribution in [1.29, 1.82) is 0 Å². The van der Waals surface area contributed by atoms with E-state index in [1.54, 1.807) is 18.2 Å². The Morgan fingerprint density at radius 1 is 0.781 bits per heavy atom. The molecule has 1 aliphatic heterocycles. The molecule has 0 N–H and O–H groups in total. The van der Waals surface area contributed by atoms with Gasteiger partial charge < -0.3 is 9.64 Å². The third kappa shape index (κ3) is 5.71. The fraction of sp³-hybridized carbons (Fsp3) is 0.333. The lowest BCUT2D eigenvalue weighted by atomic mass is 9.76. The third-order valence-electron chi connectivity index (χ3n) is 6.27. The Kier molecular flexibility index (Phi) is 7.48. The first-order chi connectivity index (χ1) is 15.6. The summed E-state index contributed by atoms with van der Waals surface area (Å²) >= 11 is 0. The molecular weight excluding hydrogens is 411 g/mol. The van der Waals surface area contributed by atoms with Crippen molar-refractivity contribution in [2.45, 2.75) is 25.2 Å². The van der Waals surface area contributed by atoms with Crippen LogP contribution in [-0.4, -0.2) is 31.1 Å². The van der Waals surface area contributed by atoms with E-state index in [-0.39, 0.29) is 23.4 Å². The number of halogens is 3. The van der Waals surface area contributed by atoms with E-state index < -0.39 is 0 Å². The zero-order chi connectivity index (χ0) is 22.3.